The highest BCUT2D eigenvalue weighted by molar-refractivity contribution is 7.13. The van der Waals surface area contributed by atoms with Gasteiger partial charge in [0.25, 0.3) is 5.56 Å². The number of fused-ring (bicyclic) bond motifs is 1. The topological polar surface area (TPSA) is 81.4 Å². The second kappa shape index (κ2) is 6.14. The fourth-order valence-electron chi connectivity index (χ4n) is 2.59. The Morgan fingerprint density at radius 1 is 1.04 bits per heavy atom. The van der Waals surface area contributed by atoms with Crippen LogP contribution >= 0.6 is 11.5 Å². The maximum absolute atomic E-state index is 12.7. The number of rotatable bonds is 3. The molecule has 0 amide bonds. The third kappa shape index (κ3) is 2.80. The zero-order valence-electron chi connectivity index (χ0n) is 12.9. The first kappa shape index (κ1) is 15.5. The molecule has 0 aliphatic heterocycles. The molecule has 0 aliphatic rings. The summed E-state index contributed by atoms with van der Waals surface area (Å²) in [6.07, 6.45) is 1.75. The number of pyridine rings is 1. The van der Waals surface area contributed by atoms with E-state index in [0.717, 1.165) is 11.1 Å². The van der Waals surface area contributed by atoms with Crippen molar-refractivity contribution in [2.24, 2.45) is 0 Å². The highest BCUT2D eigenvalue weighted by atomic mass is 32.1. The van der Waals surface area contributed by atoms with Crippen molar-refractivity contribution in [3.8, 4) is 16.8 Å². The molecule has 7 heteroatoms. The van der Waals surface area contributed by atoms with Crippen LogP contribution in [-0.4, -0.2) is 14.1 Å². The van der Waals surface area contributed by atoms with E-state index in [4.69, 9.17) is 5.21 Å². The van der Waals surface area contributed by atoms with Crippen LogP contribution in [0.3, 0.4) is 0 Å². The first-order valence-corrected chi connectivity index (χ1v) is 8.25. The first-order chi connectivity index (χ1) is 12.1. The van der Waals surface area contributed by atoms with E-state index < -0.39 is 0 Å². The monoisotopic (exact) mass is 350 g/mol. The third-order valence-corrected chi connectivity index (χ3v) is 4.91. The number of anilines is 1. The second-order valence-electron chi connectivity index (χ2n) is 5.42. The van der Waals surface area contributed by atoms with Gasteiger partial charge in [-0.2, -0.15) is 0 Å². The summed E-state index contributed by atoms with van der Waals surface area (Å²) < 4.78 is 1.52. The van der Waals surface area contributed by atoms with Crippen LogP contribution in [0.1, 0.15) is 0 Å². The normalized spacial score (nSPS) is 11.0. The first-order valence-electron chi connectivity index (χ1n) is 7.47. The van der Waals surface area contributed by atoms with Gasteiger partial charge in [0.05, 0.1) is 16.8 Å². The minimum atomic E-state index is -0.217. The van der Waals surface area contributed by atoms with Gasteiger partial charge in [-0.05, 0) is 47.4 Å². The molecule has 0 fully saturated rings. The van der Waals surface area contributed by atoms with Gasteiger partial charge in [-0.15, -0.1) is 0 Å². The number of nitrogens with zero attached hydrogens (tertiary/aromatic N) is 3. The molecular weight excluding hydrogens is 338 g/mol. The Labute approximate surface area is 146 Å². The summed E-state index contributed by atoms with van der Waals surface area (Å²) in [6.45, 7) is 0. The molecule has 0 bridgehead atoms. The Bertz CT molecular complexity index is 1090. The summed E-state index contributed by atoms with van der Waals surface area (Å²) in [5.74, 6) is 0. The van der Waals surface area contributed by atoms with Crippen molar-refractivity contribution in [1.29, 1.82) is 0 Å². The Balaban J connectivity index is 1.81. The van der Waals surface area contributed by atoms with Crippen molar-refractivity contribution < 1.29 is 5.21 Å². The molecule has 2 heterocycles. The van der Waals surface area contributed by atoms with E-state index in [0.29, 0.717) is 15.9 Å². The van der Waals surface area contributed by atoms with Gasteiger partial charge in [-0.1, -0.05) is 30.3 Å². The van der Waals surface area contributed by atoms with Gasteiger partial charge < -0.3 is 10.4 Å². The van der Waals surface area contributed by atoms with E-state index in [1.165, 1.54) is 27.6 Å². The van der Waals surface area contributed by atoms with Crippen LogP contribution in [0.4, 0.5) is 5.69 Å². The standard InChI is InChI=1S/C18H12N3O3S/c22-18-16-10-13(12-4-2-1-3-5-12)11-19-17(16)25-20(18)14-6-8-15(9-7-14)21(23)24/h1-11,23H/q-1. The Hall–Kier alpha value is -3.00. The molecule has 0 saturated heterocycles. The van der Waals surface area contributed by atoms with Crippen molar-refractivity contribution in [2.75, 3.05) is 5.23 Å². The summed E-state index contributed by atoms with van der Waals surface area (Å²) in [5, 5.41) is 20.1. The number of benzene rings is 2. The van der Waals surface area contributed by atoms with E-state index in [-0.39, 0.29) is 16.5 Å². The molecule has 0 unspecified atom stereocenters. The fourth-order valence-corrected chi connectivity index (χ4v) is 3.52. The number of aromatic nitrogens is 2. The minimum Gasteiger partial charge on any atom is -0.733 e. The third-order valence-electron chi connectivity index (χ3n) is 3.86. The van der Waals surface area contributed by atoms with Gasteiger partial charge in [0.2, 0.25) is 0 Å². The molecule has 0 saturated carbocycles. The van der Waals surface area contributed by atoms with Gasteiger partial charge in [0.1, 0.15) is 4.83 Å². The molecule has 25 heavy (non-hydrogen) atoms. The number of hydrogen-bond acceptors (Lipinski definition) is 6. The van der Waals surface area contributed by atoms with Crippen LogP contribution in [0.5, 0.6) is 0 Å². The Morgan fingerprint density at radius 3 is 2.44 bits per heavy atom. The van der Waals surface area contributed by atoms with Crippen LogP contribution in [0, 0.1) is 5.21 Å². The van der Waals surface area contributed by atoms with Crippen LogP contribution in [0.2, 0.25) is 0 Å². The molecule has 1 N–H and O–H groups in total. The van der Waals surface area contributed by atoms with E-state index in [2.05, 4.69) is 4.98 Å². The molecule has 4 rings (SSSR count). The lowest BCUT2D eigenvalue weighted by molar-refractivity contribution is 0.296. The number of hydrogen-bond donors (Lipinski definition) is 1. The molecule has 6 nitrogen and oxygen atoms in total. The molecule has 124 valence electrons. The highest BCUT2D eigenvalue weighted by Gasteiger charge is 2.12. The zero-order valence-corrected chi connectivity index (χ0v) is 13.7. The van der Waals surface area contributed by atoms with Crippen LogP contribution in [0.25, 0.3) is 27.0 Å². The van der Waals surface area contributed by atoms with Gasteiger partial charge >= 0.3 is 0 Å². The van der Waals surface area contributed by atoms with E-state index in [1.807, 2.05) is 36.4 Å². The summed E-state index contributed by atoms with van der Waals surface area (Å²) in [5.41, 5.74) is 2.42. The molecule has 2 aromatic carbocycles. The molecule has 0 radical (unpaired) electrons. The van der Waals surface area contributed by atoms with Gasteiger partial charge in [0.15, 0.2) is 0 Å². The quantitative estimate of drug-likeness (QED) is 0.568. The fraction of sp³-hybridized carbons (Fsp3) is 0. The molecule has 4 aromatic rings. The lowest BCUT2D eigenvalue weighted by Crippen LogP contribution is -2.11. The maximum atomic E-state index is 12.7. The predicted molar refractivity (Wildman–Crippen MR) is 98.3 cm³/mol. The van der Waals surface area contributed by atoms with Gasteiger partial charge in [-0.3, -0.25) is 10.0 Å². The lowest BCUT2D eigenvalue weighted by atomic mass is 10.1. The second-order valence-corrected chi connectivity index (χ2v) is 6.36. The van der Waals surface area contributed by atoms with E-state index in [9.17, 15) is 10.0 Å². The van der Waals surface area contributed by atoms with Gasteiger partial charge in [0, 0.05) is 11.8 Å². The molecule has 0 aliphatic carbocycles. The Morgan fingerprint density at radius 2 is 1.76 bits per heavy atom. The SMILES string of the molecule is O=c1c2cc(-c3ccccc3)cnc2sn1-c1ccc(N([O-])O)cc1. The Kier molecular flexibility index (Phi) is 3.81. The van der Waals surface area contributed by atoms with Crippen LogP contribution < -0.4 is 10.8 Å². The van der Waals surface area contributed by atoms with Crippen LogP contribution in [0.15, 0.2) is 71.7 Å². The van der Waals surface area contributed by atoms with Crippen molar-refractivity contribution in [3.63, 3.8) is 0 Å². The van der Waals surface area contributed by atoms with E-state index in [1.54, 1.807) is 18.3 Å². The van der Waals surface area contributed by atoms with Crippen molar-refractivity contribution in [3.05, 3.63) is 82.4 Å². The smallest absolute Gasteiger partial charge is 0.274 e. The van der Waals surface area contributed by atoms with Gasteiger partial charge in [-0.25, -0.2) is 8.94 Å². The van der Waals surface area contributed by atoms with Crippen molar-refractivity contribution in [2.45, 2.75) is 0 Å². The average molecular weight is 350 g/mol. The van der Waals surface area contributed by atoms with Crippen molar-refractivity contribution in [1.82, 2.24) is 8.94 Å². The molecule has 0 spiro atoms. The summed E-state index contributed by atoms with van der Waals surface area (Å²) in [6, 6.07) is 17.7. The molecule has 0 atom stereocenters. The summed E-state index contributed by atoms with van der Waals surface area (Å²) >= 11 is 1.23. The molecular formula is C18H12N3O3S-. The van der Waals surface area contributed by atoms with Crippen molar-refractivity contribution >= 4 is 27.4 Å². The largest absolute Gasteiger partial charge is 0.733 e. The highest BCUT2D eigenvalue weighted by Crippen LogP contribution is 2.25. The zero-order chi connectivity index (χ0) is 17.4. The van der Waals surface area contributed by atoms with Crippen LogP contribution in [-0.2, 0) is 0 Å². The summed E-state index contributed by atoms with van der Waals surface area (Å²) in [4.78, 5) is 17.8. The summed E-state index contributed by atoms with van der Waals surface area (Å²) in [7, 11) is 0. The molecule has 2 aromatic heterocycles. The van der Waals surface area contributed by atoms with E-state index >= 15 is 0 Å². The maximum Gasteiger partial charge on any atom is 0.274 e. The predicted octanol–water partition coefficient (Wildman–Crippen LogP) is 3.81. The minimum absolute atomic E-state index is 0.0994. The lowest BCUT2D eigenvalue weighted by Gasteiger charge is -2.21. The average Bonchev–Trinajstić information content (AvgIpc) is 2.99.